The molecule has 1 N–H and O–H groups in total. The van der Waals surface area contributed by atoms with E-state index in [0.717, 1.165) is 36.1 Å². The summed E-state index contributed by atoms with van der Waals surface area (Å²) in [6.07, 6.45) is 4.77. The van der Waals surface area contributed by atoms with Crippen molar-refractivity contribution in [3.05, 3.63) is 70.6 Å². The molecule has 0 unspecified atom stereocenters. The van der Waals surface area contributed by atoms with Crippen LogP contribution in [0.1, 0.15) is 36.8 Å². The molecule has 31 heavy (non-hydrogen) atoms. The highest BCUT2D eigenvalue weighted by atomic mass is 32.2. The van der Waals surface area contributed by atoms with E-state index >= 15 is 0 Å². The molecule has 1 aliphatic heterocycles. The van der Waals surface area contributed by atoms with Crippen LogP contribution in [0.3, 0.4) is 0 Å². The number of methoxy groups -OCH3 is 1. The number of unbranched alkanes of at least 4 members (excludes halogenated alkanes) is 2. The summed E-state index contributed by atoms with van der Waals surface area (Å²) in [4.78, 5) is 27.0. The van der Waals surface area contributed by atoms with E-state index in [9.17, 15) is 9.59 Å². The highest BCUT2D eigenvalue weighted by Crippen LogP contribution is 2.34. The molecule has 7 heteroatoms. The van der Waals surface area contributed by atoms with E-state index in [4.69, 9.17) is 17.0 Å². The largest absolute Gasteiger partial charge is 0.496 e. The number of hydrogen-bond donors (Lipinski definition) is 1. The fraction of sp³-hybridized carbons (Fsp3) is 0.292. The SMILES string of the molecule is COc1ccccc1/C=C1\SC(=S)N(CCCCCC(=O)NCc2ccccc2)C1=O. The Balaban J connectivity index is 1.40. The standard InChI is InChI=1S/C24H26N2O3S2/c1-29-20-13-8-7-12-19(20)16-21-23(28)26(24(30)31-21)15-9-3-6-14-22(27)25-17-18-10-4-2-5-11-18/h2,4-5,7-8,10-13,16H,3,6,9,14-15,17H2,1H3,(H,25,27)/b21-16-. The second kappa shape index (κ2) is 11.7. The third-order valence-corrected chi connectivity index (χ3v) is 6.29. The minimum atomic E-state index is -0.0680. The van der Waals surface area contributed by atoms with E-state index in [0.29, 0.717) is 28.7 Å². The smallest absolute Gasteiger partial charge is 0.266 e. The minimum Gasteiger partial charge on any atom is -0.496 e. The highest BCUT2D eigenvalue weighted by Gasteiger charge is 2.31. The Morgan fingerprint density at radius 3 is 2.61 bits per heavy atom. The normalized spacial score (nSPS) is 14.9. The first-order chi connectivity index (χ1) is 15.1. The zero-order valence-corrected chi connectivity index (χ0v) is 19.1. The number of carbonyl (C=O) groups excluding carboxylic acids is 2. The van der Waals surface area contributed by atoms with Gasteiger partial charge in [0, 0.05) is 25.1 Å². The Kier molecular flexibility index (Phi) is 8.67. The molecule has 0 saturated carbocycles. The minimum absolute atomic E-state index is 0.0502. The van der Waals surface area contributed by atoms with Crippen molar-refractivity contribution >= 4 is 46.2 Å². The van der Waals surface area contributed by atoms with E-state index in [1.807, 2.05) is 60.7 Å². The molecule has 162 valence electrons. The van der Waals surface area contributed by atoms with Gasteiger partial charge in [0.05, 0.1) is 12.0 Å². The van der Waals surface area contributed by atoms with Crippen LogP contribution in [-0.4, -0.2) is 34.7 Å². The molecule has 0 bridgehead atoms. The van der Waals surface area contributed by atoms with Gasteiger partial charge in [-0.15, -0.1) is 0 Å². The maximum atomic E-state index is 12.8. The monoisotopic (exact) mass is 454 g/mol. The molecule has 0 radical (unpaired) electrons. The molecule has 1 saturated heterocycles. The topological polar surface area (TPSA) is 58.6 Å². The van der Waals surface area contributed by atoms with Crippen LogP contribution in [0.4, 0.5) is 0 Å². The van der Waals surface area contributed by atoms with E-state index in [1.54, 1.807) is 12.0 Å². The molecule has 0 aliphatic carbocycles. The number of carbonyl (C=O) groups is 2. The van der Waals surface area contributed by atoms with Crippen LogP contribution < -0.4 is 10.1 Å². The highest BCUT2D eigenvalue weighted by molar-refractivity contribution is 8.26. The molecule has 2 amide bonds. The number of amides is 2. The van der Waals surface area contributed by atoms with Crippen molar-refractivity contribution in [1.29, 1.82) is 0 Å². The summed E-state index contributed by atoms with van der Waals surface area (Å²) in [6.45, 7) is 1.12. The second-order valence-corrected chi connectivity index (χ2v) is 8.82. The predicted octanol–water partition coefficient (Wildman–Crippen LogP) is 4.77. The van der Waals surface area contributed by atoms with Gasteiger partial charge in [-0.05, 0) is 30.5 Å². The zero-order chi connectivity index (χ0) is 22.1. The number of thiocarbonyl (C=S) groups is 1. The Hall–Kier alpha value is -2.64. The van der Waals surface area contributed by atoms with Gasteiger partial charge in [-0.1, -0.05) is 78.9 Å². The van der Waals surface area contributed by atoms with Gasteiger partial charge in [-0.25, -0.2) is 0 Å². The van der Waals surface area contributed by atoms with Crippen LogP contribution in [0.25, 0.3) is 6.08 Å². The lowest BCUT2D eigenvalue weighted by molar-refractivity contribution is -0.123. The molecular formula is C24H26N2O3S2. The number of benzene rings is 2. The quantitative estimate of drug-likeness (QED) is 0.318. The molecule has 0 aromatic heterocycles. The Morgan fingerprint density at radius 1 is 1.10 bits per heavy atom. The molecule has 3 rings (SSSR count). The molecule has 0 spiro atoms. The molecule has 5 nitrogen and oxygen atoms in total. The summed E-state index contributed by atoms with van der Waals surface area (Å²) in [5, 5.41) is 2.94. The van der Waals surface area contributed by atoms with Gasteiger partial charge in [0.15, 0.2) is 0 Å². The second-order valence-electron chi connectivity index (χ2n) is 7.15. The molecule has 2 aromatic rings. The number of ether oxygens (including phenoxy) is 1. The molecule has 1 aliphatic rings. The van der Waals surface area contributed by atoms with Gasteiger partial charge in [0.1, 0.15) is 10.1 Å². The Labute approximate surface area is 192 Å². The first-order valence-corrected chi connectivity index (χ1v) is 11.5. The first kappa shape index (κ1) is 23.0. The fourth-order valence-corrected chi connectivity index (χ4v) is 4.54. The Morgan fingerprint density at radius 2 is 1.84 bits per heavy atom. The van der Waals surface area contributed by atoms with Gasteiger partial charge in [0.25, 0.3) is 5.91 Å². The average Bonchev–Trinajstić information content (AvgIpc) is 3.05. The third kappa shape index (κ3) is 6.67. The molecule has 2 aromatic carbocycles. The van der Waals surface area contributed by atoms with E-state index in [1.165, 1.54) is 11.8 Å². The van der Waals surface area contributed by atoms with Crippen molar-refractivity contribution in [3.63, 3.8) is 0 Å². The first-order valence-electron chi connectivity index (χ1n) is 10.3. The van der Waals surface area contributed by atoms with Gasteiger partial charge < -0.3 is 10.1 Å². The molecule has 1 fully saturated rings. The number of nitrogens with zero attached hydrogens (tertiary/aromatic N) is 1. The van der Waals surface area contributed by atoms with Gasteiger partial charge >= 0.3 is 0 Å². The van der Waals surface area contributed by atoms with Crippen LogP contribution in [-0.2, 0) is 16.1 Å². The molecular weight excluding hydrogens is 428 g/mol. The van der Waals surface area contributed by atoms with Gasteiger partial charge in [-0.3, -0.25) is 14.5 Å². The maximum Gasteiger partial charge on any atom is 0.266 e. The van der Waals surface area contributed by atoms with E-state index in [2.05, 4.69) is 5.32 Å². The summed E-state index contributed by atoms with van der Waals surface area (Å²) >= 11 is 6.72. The number of thioether (sulfide) groups is 1. The van der Waals surface area contributed by atoms with E-state index < -0.39 is 0 Å². The molecule has 1 heterocycles. The lowest BCUT2D eigenvalue weighted by Gasteiger charge is -2.14. The summed E-state index contributed by atoms with van der Waals surface area (Å²) in [5.41, 5.74) is 1.94. The summed E-state index contributed by atoms with van der Waals surface area (Å²) < 4.78 is 5.93. The van der Waals surface area contributed by atoms with Crippen LogP contribution >= 0.6 is 24.0 Å². The maximum absolute atomic E-state index is 12.8. The lowest BCUT2D eigenvalue weighted by atomic mass is 10.1. The van der Waals surface area contributed by atoms with Gasteiger partial charge in [0.2, 0.25) is 5.91 Å². The number of rotatable bonds is 10. The third-order valence-electron chi connectivity index (χ3n) is 4.92. The van der Waals surface area contributed by atoms with Crippen LogP contribution in [0.2, 0.25) is 0 Å². The molecule has 0 atom stereocenters. The average molecular weight is 455 g/mol. The van der Waals surface area contributed by atoms with Crippen molar-refractivity contribution in [1.82, 2.24) is 10.2 Å². The van der Waals surface area contributed by atoms with Crippen LogP contribution in [0.15, 0.2) is 59.5 Å². The summed E-state index contributed by atoms with van der Waals surface area (Å²) in [5.74, 6) is 0.703. The summed E-state index contributed by atoms with van der Waals surface area (Å²) in [6, 6.07) is 17.4. The zero-order valence-electron chi connectivity index (χ0n) is 17.5. The van der Waals surface area contributed by atoms with Crippen LogP contribution in [0, 0.1) is 0 Å². The van der Waals surface area contributed by atoms with Crippen molar-refractivity contribution in [3.8, 4) is 5.75 Å². The van der Waals surface area contributed by atoms with Crippen LogP contribution in [0.5, 0.6) is 5.75 Å². The van der Waals surface area contributed by atoms with Crippen molar-refractivity contribution in [2.45, 2.75) is 32.2 Å². The lowest BCUT2D eigenvalue weighted by Crippen LogP contribution is -2.29. The number of nitrogens with one attached hydrogen (secondary N) is 1. The van der Waals surface area contributed by atoms with Crippen molar-refractivity contribution in [2.75, 3.05) is 13.7 Å². The van der Waals surface area contributed by atoms with Crippen molar-refractivity contribution in [2.24, 2.45) is 0 Å². The number of para-hydroxylation sites is 1. The van der Waals surface area contributed by atoms with Gasteiger partial charge in [-0.2, -0.15) is 0 Å². The van der Waals surface area contributed by atoms with Crippen molar-refractivity contribution < 1.29 is 14.3 Å². The number of hydrogen-bond acceptors (Lipinski definition) is 5. The summed E-state index contributed by atoms with van der Waals surface area (Å²) in [7, 11) is 1.61. The Bertz CT molecular complexity index is 960. The van der Waals surface area contributed by atoms with E-state index in [-0.39, 0.29) is 11.8 Å². The fourth-order valence-electron chi connectivity index (χ4n) is 3.24. The predicted molar refractivity (Wildman–Crippen MR) is 130 cm³/mol.